The molecule has 1 aromatic rings. The summed E-state index contributed by atoms with van der Waals surface area (Å²) < 4.78 is 18.0. The Balaban J connectivity index is 2.44. The van der Waals surface area contributed by atoms with E-state index in [0.29, 0.717) is 13.0 Å². The highest BCUT2D eigenvalue weighted by molar-refractivity contribution is 5.70. The van der Waals surface area contributed by atoms with Crippen molar-refractivity contribution in [3.8, 4) is 0 Å². The number of hydrogen-bond donors (Lipinski definition) is 0. The number of esters is 1. The lowest BCUT2D eigenvalue weighted by Crippen LogP contribution is -2.27. The van der Waals surface area contributed by atoms with Crippen LogP contribution >= 0.6 is 0 Å². The lowest BCUT2D eigenvalue weighted by atomic mass is 10.2. The Morgan fingerprint density at radius 1 is 1.28 bits per heavy atom. The van der Waals surface area contributed by atoms with Crippen molar-refractivity contribution in [1.82, 2.24) is 0 Å². The molecule has 100 valence electrons. The summed E-state index contributed by atoms with van der Waals surface area (Å²) in [7, 11) is 1.86. The Labute approximate surface area is 108 Å². The van der Waals surface area contributed by atoms with E-state index in [2.05, 4.69) is 0 Å². The highest BCUT2D eigenvalue weighted by Gasteiger charge is 2.16. The van der Waals surface area contributed by atoms with Gasteiger partial charge in [0.05, 0.1) is 6.42 Å². The second-order valence-electron chi connectivity index (χ2n) is 5.23. The minimum absolute atomic E-state index is 0.225. The average Bonchev–Trinajstić information content (AvgIpc) is 2.24. The Kier molecular flexibility index (Phi) is 4.70. The molecule has 0 bridgehead atoms. The van der Waals surface area contributed by atoms with Crippen molar-refractivity contribution >= 4 is 11.7 Å². The van der Waals surface area contributed by atoms with Gasteiger partial charge in [-0.1, -0.05) is 0 Å². The van der Waals surface area contributed by atoms with Crippen LogP contribution in [-0.2, 0) is 9.53 Å². The quantitative estimate of drug-likeness (QED) is 0.773. The summed E-state index contributed by atoms with van der Waals surface area (Å²) in [6, 6.07) is 6.17. The van der Waals surface area contributed by atoms with Crippen molar-refractivity contribution in [3.63, 3.8) is 0 Å². The summed E-state index contributed by atoms with van der Waals surface area (Å²) in [5, 5.41) is 0. The number of benzene rings is 1. The molecule has 0 aliphatic heterocycles. The molecule has 0 aliphatic carbocycles. The monoisotopic (exact) mass is 253 g/mol. The van der Waals surface area contributed by atoms with Gasteiger partial charge in [-0.2, -0.15) is 0 Å². The van der Waals surface area contributed by atoms with Crippen LogP contribution in [0.25, 0.3) is 0 Å². The van der Waals surface area contributed by atoms with Gasteiger partial charge in [-0.25, -0.2) is 4.39 Å². The van der Waals surface area contributed by atoms with Crippen molar-refractivity contribution in [1.29, 1.82) is 0 Å². The van der Waals surface area contributed by atoms with E-state index >= 15 is 0 Å². The third-order valence-corrected chi connectivity index (χ3v) is 2.34. The maximum Gasteiger partial charge on any atom is 0.308 e. The number of nitrogens with zero attached hydrogens (tertiary/aromatic N) is 1. The first-order valence-electron chi connectivity index (χ1n) is 5.96. The summed E-state index contributed by atoms with van der Waals surface area (Å²) in [5.74, 6) is -0.490. The molecule has 0 radical (unpaired) electrons. The van der Waals surface area contributed by atoms with E-state index in [1.165, 1.54) is 12.1 Å². The molecule has 3 nitrogen and oxygen atoms in total. The van der Waals surface area contributed by atoms with Crippen molar-refractivity contribution < 1.29 is 13.9 Å². The third-order valence-electron chi connectivity index (χ3n) is 2.34. The Bertz CT molecular complexity index is 395. The molecular weight excluding hydrogens is 233 g/mol. The molecule has 0 saturated heterocycles. The fourth-order valence-electron chi connectivity index (χ4n) is 1.48. The molecule has 1 aromatic carbocycles. The fraction of sp³-hybridized carbons (Fsp3) is 0.500. The molecule has 0 aromatic heterocycles. The van der Waals surface area contributed by atoms with Crippen molar-refractivity contribution in [2.45, 2.75) is 32.8 Å². The van der Waals surface area contributed by atoms with Gasteiger partial charge in [0, 0.05) is 19.3 Å². The maximum atomic E-state index is 12.8. The lowest BCUT2D eigenvalue weighted by Gasteiger charge is -2.22. The summed E-state index contributed by atoms with van der Waals surface area (Å²) in [4.78, 5) is 13.4. The zero-order chi connectivity index (χ0) is 13.8. The van der Waals surface area contributed by atoms with Crippen LogP contribution in [0.3, 0.4) is 0 Å². The van der Waals surface area contributed by atoms with Gasteiger partial charge in [0.1, 0.15) is 11.4 Å². The second-order valence-corrected chi connectivity index (χ2v) is 5.23. The molecule has 0 aliphatic rings. The normalized spacial score (nSPS) is 11.2. The smallest absolute Gasteiger partial charge is 0.308 e. The predicted molar refractivity (Wildman–Crippen MR) is 70.1 cm³/mol. The number of carbonyl (C=O) groups excluding carboxylic acids is 1. The van der Waals surface area contributed by atoms with Gasteiger partial charge >= 0.3 is 5.97 Å². The molecule has 1 rings (SSSR count). The number of ether oxygens (including phenoxy) is 1. The van der Waals surface area contributed by atoms with Crippen LogP contribution in [0.15, 0.2) is 24.3 Å². The standard InChI is InChI=1S/C14H20FNO2/c1-14(2,3)18-13(17)9-10-16(4)12-7-5-11(15)6-8-12/h5-8H,9-10H2,1-4H3. The molecule has 0 saturated carbocycles. The number of carbonyl (C=O) groups is 1. The van der Waals surface area contributed by atoms with Gasteiger partial charge in [-0.05, 0) is 45.0 Å². The Hall–Kier alpha value is -1.58. The van der Waals surface area contributed by atoms with Gasteiger partial charge in [0.15, 0.2) is 0 Å². The van der Waals surface area contributed by atoms with Crippen LogP contribution in [-0.4, -0.2) is 25.2 Å². The minimum atomic E-state index is -0.453. The largest absolute Gasteiger partial charge is 0.460 e. The summed E-state index contributed by atoms with van der Waals surface area (Å²) in [5.41, 5.74) is 0.422. The topological polar surface area (TPSA) is 29.5 Å². The van der Waals surface area contributed by atoms with Gasteiger partial charge < -0.3 is 9.64 Å². The molecule has 0 amide bonds. The molecule has 0 unspecified atom stereocenters. The predicted octanol–water partition coefficient (Wildman–Crippen LogP) is 2.99. The van der Waals surface area contributed by atoms with Crippen molar-refractivity contribution in [2.75, 3.05) is 18.5 Å². The summed E-state index contributed by atoms with van der Waals surface area (Å²) in [6.45, 7) is 6.07. The SMILES string of the molecule is CN(CCC(=O)OC(C)(C)C)c1ccc(F)cc1. The molecule has 4 heteroatoms. The molecule has 0 spiro atoms. The van der Waals surface area contributed by atoms with E-state index in [0.717, 1.165) is 5.69 Å². The van der Waals surface area contributed by atoms with E-state index in [1.807, 2.05) is 32.7 Å². The highest BCUT2D eigenvalue weighted by Crippen LogP contribution is 2.14. The van der Waals surface area contributed by atoms with Crippen LogP contribution < -0.4 is 4.90 Å². The minimum Gasteiger partial charge on any atom is -0.460 e. The van der Waals surface area contributed by atoms with Gasteiger partial charge in [-0.3, -0.25) is 4.79 Å². The van der Waals surface area contributed by atoms with Crippen LogP contribution in [0.1, 0.15) is 27.2 Å². The van der Waals surface area contributed by atoms with Crippen LogP contribution in [0.5, 0.6) is 0 Å². The molecule has 0 fully saturated rings. The number of hydrogen-bond acceptors (Lipinski definition) is 3. The Morgan fingerprint density at radius 2 is 1.83 bits per heavy atom. The van der Waals surface area contributed by atoms with Crippen molar-refractivity contribution in [3.05, 3.63) is 30.1 Å². The van der Waals surface area contributed by atoms with Crippen LogP contribution in [0.4, 0.5) is 10.1 Å². The molecule has 0 N–H and O–H groups in total. The molecule has 18 heavy (non-hydrogen) atoms. The zero-order valence-electron chi connectivity index (χ0n) is 11.4. The fourth-order valence-corrected chi connectivity index (χ4v) is 1.48. The first-order valence-corrected chi connectivity index (χ1v) is 5.96. The van der Waals surface area contributed by atoms with E-state index < -0.39 is 5.60 Å². The zero-order valence-corrected chi connectivity index (χ0v) is 11.4. The van der Waals surface area contributed by atoms with E-state index in [1.54, 1.807) is 12.1 Å². The third kappa shape index (κ3) is 5.17. The molecular formula is C14H20FNO2. The van der Waals surface area contributed by atoms with Gasteiger partial charge in [0.2, 0.25) is 0 Å². The average molecular weight is 253 g/mol. The number of rotatable bonds is 4. The van der Waals surface area contributed by atoms with E-state index in [-0.39, 0.29) is 11.8 Å². The first-order chi connectivity index (χ1) is 8.28. The second kappa shape index (κ2) is 5.85. The van der Waals surface area contributed by atoms with E-state index in [9.17, 15) is 9.18 Å². The number of anilines is 1. The Morgan fingerprint density at radius 3 is 2.33 bits per heavy atom. The summed E-state index contributed by atoms with van der Waals surface area (Å²) in [6.07, 6.45) is 0.311. The maximum absolute atomic E-state index is 12.8. The van der Waals surface area contributed by atoms with Crippen LogP contribution in [0.2, 0.25) is 0 Å². The van der Waals surface area contributed by atoms with Crippen LogP contribution in [0, 0.1) is 5.82 Å². The lowest BCUT2D eigenvalue weighted by molar-refractivity contribution is -0.154. The molecule has 0 atom stereocenters. The van der Waals surface area contributed by atoms with Crippen molar-refractivity contribution in [2.24, 2.45) is 0 Å². The highest BCUT2D eigenvalue weighted by atomic mass is 19.1. The van der Waals surface area contributed by atoms with E-state index in [4.69, 9.17) is 4.74 Å². The summed E-state index contributed by atoms with van der Waals surface area (Å²) >= 11 is 0. The first kappa shape index (κ1) is 14.5. The molecule has 0 heterocycles. The number of halogens is 1. The van der Waals surface area contributed by atoms with Gasteiger partial charge in [-0.15, -0.1) is 0 Å². The van der Waals surface area contributed by atoms with Gasteiger partial charge in [0.25, 0.3) is 0 Å².